The van der Waals surface area contributed by atoms with E-state index in [1.165, 1.54) is 24.6 Å². The van der Waals surface area contributed by atoms with Crippen LogP contribution in [0.5, 0.6) is 0 Å². The number of hydrogen-bond donors (Lipinski definition) is 1. The average molecular weight is 428 g/mol. The summed E-state index contributed by atoms with van der Waals surface area (Å²) >= 11 is 0. The Balaban J connectivity index is 1.53. The Labute approximate surface area is 176 Å². The molecule has 1 N–H and O–H groups in total. The summed E-state index contributed by atoms with van der Waals surface area (Å²) in [5, 5.41) is 2.80. The molecule has 4 rings (SSSR count). The van der Waals surface area contributed by atoms with E-state index in [1.807, 2.05) is 24.3 Å². The van der Waals surface area contributed by atoms with Crippen LogP contribution in [-0.4, -0.2) is 43.7 Å². The van der Waals surface area contributed by atoms with Crippen LogP contribution in [0.2, 0.25) is 0 Å². The molecule has 0 spiro atoms. The minimum atomic E-state index is -3.95. The Morgan fingerprint density at radius 2 is 1.83 bits per heavy atom. The first kappa shape index (κ1) is 20.4. The van der Waals surface area contributed by atoms with Gasteiger partial charge in [-0.2, -0.15) is 0 Å². The fourth-order valence-corrected chi connectivity index (χ4v) is 5.82. The molecule has 0 aliphatic carbocycles. The van der Waals surface area contributed by atoms with E-state index in [0.717, 1.165) is 23.1 Å². The number of rotatable bonds is 4. The number of carbonyl (C=O) groups excluding carboxylic acids is 2. The van der Waals surface area contributed by atoms with Crippen LogP contribution in [0.15, 0.2) is 47.4 Å². The van der Waals surface area contributed by atoms with Gasteiger partial charge in [-0.05, 0) is 68.7 Å². The summed E-state index contributed by atoms with van der Waals surface area (Å²) in [6.45, 7) is 7.58. The maximum atomic E-state index is 12.7. The monoisotopic (exact) mass is 427 g/mol. The minimum absolute atomic E-state index is 0.101. The Bertz CT molecular complexity index is 1110. The molecule has 1 saturated heterocycles. The zero-order valence-corrected chi connectivity index (χ0v) is 18.1. The van der Waals surface area contributed by atoms with Crippen LogP contribution in [0.3, 0.4) is 0 Å². The van der Waals surface area contributed by atoms with Gasteiger partial charge in [-0.25, -0.2) is 12.7 Å². The number of fused-ring (bicyclic) bond motifs is 1. The third-order valence-corrected chi connectivity index (χ3v) is 7.59. The van der Waals surface area contributed by atoms with Crippen molar-refractivity contribution in [2.45, 2.75) is 38.1 Å². The molecule has 2 aliphatic heterocycles. The van der Waals surface area contributed by atoms with E-state index in [2.05, 4.69) is 17.1 Å². The highest BCUT2D eigenvalue weighted by Crippen LogP contribution is 2.33. The second-order valence-electron chi connectivity index (χ2n) is 8.25. The van der Waals surface area contributed by atoms with Crippen LogP contribution in [0, 0.1) is 5.92 Å². The summed E-state index contributed by atoms with van der Waals surface area (Å²) < 4.78 is 26.3. The average Bonchev–Trinajstić information content (AvgIpc) is 3.21. The fraction of sp³-hybridized carbons (Fsp3) is 0.364. The van der Waals surface area contributed by atoms with Crippen molar-refractivity contribution in [3.8, 4) is 0 Å². The molecular formula is C22H25N3O4S. The molecule has 2 aromatic rings. The second-order valence-corrected chi connectivity index (χ2v) is 10.0. The van der Waals surface area contributed by atoms with Crippen molar-refractivity contribution >= 4 is 33.2 Å². The van der Waals surface area contributed by atoms with Gasteiger partial charge < -0.3 is 10.2 Å². The highest BCUT2D eigenvalue weighted by Gasteiger charge is 2.42. The Kier molecular flexibility index (Phi) is 5.05. The molecule has 1 fully saturated rings. The highest BCUT2D eigenvalue weighted by atomic mass is 32.2. The topological polar surface area (TPSA) is 86.8 Å². The number of nitrogens with zero attached hydrogens (tertiary/aromatic N) is 2. The highest BCUT2D eigenvalue weighted by molar-refractivity contribution is 7.90. The van der Waals surface area contributed by atoms with Gasteiger partial charge in [0.25, 0.3) is 21.8 Å². The molecule has 30 heavy (non-hydrogen) atoms. The number of anilines is 2. The summed E-state index contributed by atoms with van der Waals surface area (Å²) in [7, 11) is -3.95. The van der Waals surface area contributed by atoms with Crippen molar-refractivity contribution in [2.75, 3.05) is 23.3 Å². The van der Waals surface area contributed by atoms with E-state index >= 15 is 0 Å². The number of sulfonamides is 1. The molecule has 2 heterocycles. The van der Waals surface area contributed by atoms with Crippen molar-refractivity contribution in [1.29, 1.82) is 0 Å². The number of carbonyl (C=O) groups is 2. The van der Waals surface area contributed by atoms with Crippen LogP contribution in [0.1, 0.15) is 47.9 Å². The lowest BCUT2D eigenvalue weighted by Crippen LogP contribution is -2.36. The van der Waals surface area contributed by atoms with Gasteiger partial charge in [0.2, 0.25) is 0 Å². The van der Waals surface area contributed by atoms with Gasteiger partial charge in [0.1, 0.15) is 4.90 Å². The molecule has 2 amide bonds. The summed E-state index contributed by atoms with van der Waals surface area (Å²) in [5.74, 6) is -0.302. The maximum Gasteiger partial charge on any atom is 0.269 e. The van der Waals surface area contributed by atoms with Crippen LogP contribution in [-0.2, 0) is 10.0 Å². The van der Waals surface area contributed by atoms with Gasteiger partial charge in [0.15, 0.2) is 0 Å². The van der Waals surface area contributed by atoms with E-state index in [9.17, 15) is 18.0 Å². The van der Waals surface area contributed by atoms with E-state index in [4.69, 9.17) is 0 Å². The van der Waals surface area contributed by atoms with Crippen molar-refractivity contribution < 1.29 is 18.0 Å². The Morgan fingerprint density at radius 3 is 2.43 bits per heavy atom. The third kappa shape index (κ3) is 3.45. The van der Waals surface area contributed by atoms with Gasteiger partial charge in [0, 0.05) is 36.1 Å². The molecule has 8 heteroatoms. The smallest absolute Gasteiger partial charge is 0.269 e. The second kappa shape index (κ2) is 7.43. The molecule has 0 aromatic heterocycles. The molecule has 0 bridgehead atoms. The number of hydrogen-bond acceptors (Lipinski definition) is 5. The zero-order valence-electron chi connectivity index (χ0n) is 17.3. The molecule has 0 saturated carbocycles. The van der Waals surface area contributed by atoms with Crippen molar-refractivity contribution in [3.05, 3.63) is 53.6 Å². The summed E-state index contributed by atoms with van der Waals surface area (Å²) in [6, 6.07) is 11.3. The summed E-state index contributed by atoms with van der Waals surface area (Å²) in [4.78, 5) is 27.3. The van der Waals surface area contributed by atoms with E-state index in [1.54, 1.807) is 13.8 Å². The quantitative estimate of drug-likeness (QED) is 0.809. The summed E-state index contributed by atoms with van der Waals surface area (Å²) in [5.41, 5.74) is 2.03. The van der Waals surface area contributed by atoms with Gasteiger partial charge in [-0.15, -0.1) is 0 Å². The van der Waals surface area contributed by atoms with Crippen LogP contribution in [0.4, 0.5) is 11.4 Å². The van der Waals surface area contributed by atoms with Crippen LogP contribution >= 0.6 is 0 Å². The number of nitrogens with one attached hydrogen (secondary N) is 1. The molecular weight excluding hydrogens is 402 g/mol. The van der Waals surface area contributed by atoms with E-state index < -0.39 is 27.9 Å². The van der Waals surface area contributed by atoms with Crippen molar-refractivity contribution in [1.82, 2.24) is 4.31 Å². The number of amides is 2. The molecule has 1 atom stereocenters. The first-order valence-electron chi connectivity index (χ1n) is 10.1. The van der Waals surface area contributed by atoms with Gasteiger partial charge in [0.05, 0.1) is 5.56 Å². The fourth-order valence-electron chi connectivity index (χ4n) is 4.03. The zero-order chi connectivity index (χ0) is 21.6. The predicted molar refractivity (Wildman–Crippen MR) is 115 cm³/mol. The minimum Gasteiger partial charge on any atom is -0.371 e. The first-order valence-corrected chi connectivity index (χ1v) is 11.5. The lowest BCUT2D eigenvalue weighted by atomic mass is 10.1. The normalized spacial score (nSPS) is 20.0. The standard InChI is InChI=1S/C22H25N3O4S/c1-14(2)25-22(27)19-9-4-16(12-20(19)30(25,28)29)21(26)23-17-5-7-18(8-6-17)24-11-10-15(3)13-24/h4-9,12,14-15H,10-11,13H2,1-3H3,(H,23,26). The molecule has 0 radical (unpaired) electrons. The lowest BCUT2D eigenvalue weighted by molar-refractivity contribution is 0.0846. The third-order valence-electron chi connectivity index (χ3n) is 5.59. The van der Waals surface area contributed by atoms with Crippen LogP contribution < -0.4 is 10.2 Å². The van der Waals surface area contributed by atoms with Crippen molar-refractivity contribution in [2.24, 2.45) is 5.92 Å². The van der Waals surface area contributed by atoms with Gasteiger partial charge in [-0.1, -0.05) is 6.92 Å². The number of benzene rings is 2. The van der Waals surface area contributed by atoms with Gasteiger partial charge in [-0.3, -0.25) is 9.59 Å². The van der Waals surface area contributed by atoms with E-state index in [0.29, 0.717) is 11.6 Å². The van der Waals surface area contributed by atoms with Crippen LogP contribution in [0.25, 0.3) is 0 Å². The molecule has 7 nitrogen and oxygen atoms in total. The lowest BCUT2D eigenvalue weighted by Gasteiger charge is -2.19. The Morgan fingerprint density at radius 1 is 1.13 bits per heavy atom. The SMILES string of the molecule is CC1CCN(c2ccc(NC(=O)c3ccc4c(c3)S(=O)(=O)N(C(C)C)C4=O)cc2)C1. The molecule has 2 aliphatic rings. The largest absolute Gasteiger partial charge is 0.371 e. The first-order chi connectivity index (χ1) is 14.2. The molecule has 158 valence electrons. The summed E-state index contributed by atoms with van der Waals surface area (Å²) in [6.07, 6.45) is 1.18. The van der Waals surface area contributed by atoms with E-state index in [-0.39, 0.29) is 16.0 Å². The molecule has 1 unspecified atom stereocenters. The Hall–Kier alpha value is -2.87. The maximum absolute atomic E-state index is 12.7. The molecule has 2 aromatic carbocycles. The van der Waals surface area contributed by atoms with Gasteiger partial charge >= 0.3 is 0 Å². The van der Waals surface area contributed by atoms with Crippen molar-refractivity contribution in [3.63, 3.8) is 0 Å². The predicted octanol–water partition coefficient (Wildman–Crippen LogP) is 3.34.